The minimum absolute atomic E-state index is 0.184. The third-order valence-electron chi connectivity index (χ3n) is 3.34. The van der Waals surface area contributed by atoms with Gasteiger partial charge in [0.15, 0.2) is 5.76 Å². The molecule has 0 radical (unpaired) electrons. The second kappa shape index (κ2) is 7.35. The molecule has 0 saturated heterocycles. The first-order valence-electron chi connectivity index (χ1n) is 6.89. The Balaban J connectivity index is 2.18. The van der Waals surface area contributed by atoms with E-state index in [1.165, 1.54) is 6.07 Å². The predicted octanol–water partition coefficient (Wildman–Crippen LogP) is 4.42. The maximum Gasteiger partial charge on any atom is 0.240 e. The largest absolute Gasteiger partial charge is 0.355 e. The van der Waals surface area contributed by atoms with Crippen molar-refractivity contribution in [2.45, 2.75) is 9.92 Å². The van der Waals surface area contributed by atoms with Crippen molar-refractivity contribution in [3.05, 3.63) is 50.8 Å². The Bertz CT molecular complexity index is 1110. The van der Waals surface area contributed by atoms with E-state index in [-0.39, 0.29) is 22.0 Å². The van der Waals surface area contributed by atoms with Crippen LogP contribution >= 0.6 is 46.8 Å². The summed E-state index contributed by atoms with van der Waals surface area (Å²) in [6.45, 7) is 0. The number of primary sulfonamides is 1. The van der Waals surface area contributed by atoms with E-state index >= 15 is 0 Å². The van der Waals surface area contributed by atoms with Gasteiger partial charge in [-0.3, -0.25) is 0 Å². The van der Waals surface area contributed by atoms with E-state index < -0.39 is 20.7 Å². The van der Waals surface area contributed by atoms with Crippen LogP contribution in [-0.4, -0.2) is 13.6 Å². The molecule has 0 spiro atoms. The third kappa shape index (κ3) is 4.14. The molecule has 0 aliphatic carbocycles. The highest BCUT2D eigenvalue weighted by molar-refractivity contribution is 14.1. The SMILES string of the molecule is NS(=O)(=O)c1cc(-c2cc(S)no2)c(Nc2ccc(I)cc2Cl)cc1F. The van der Waals surface area contributed by atoms with Gasteiger partial charge in [0.05, 0.1) is 16.4 Å². The number of nitrogens with two attached hydrogens (primary N) is 1. The van der Waals surface area contributed by atoms with Crippen molar-refractivity contribution in [1.29, 1.82) is 0 Å². The van der Waals surface area contributed by atoms with Crippen LogP contribution in [0.25, 0.3) is 11.3 Å². The van der Waals surface area contributed by atoms with Crippen LogP contribution in [0.2, 0.25) is 5.02 Å². The summed E-state index contributed by atoms with van der Waals surface area (Å²) >= 11 is 12.4. The standard InChI is InChI=1S/C15H10ClFIN3O3S2/c16-9-3-7(18)1-2-11(9)20-12-5-10(17)14(26(19,22)23)4-8(12)13-6-15(25)21-24-13/h1-6,20H,(H,21,25)(H2,19,22,23). The van der Waals surface area contributed by atoms with E-state index in [0.717, 1.165) is 15.7 Å². The van der Waals surface area contributed by atoms with Gasteiger partial charge in [-0.25, -0.2) is 17.9 Å². The minimum atomic E-state index is -4.27. The maximum atomic E-state index is 14.3. The second-order valence-corrected chi connectivity index (χ2v) is 8.81. The molecule has 0 atom stereocenters. The van der Waals surface area contributed by atoms with Crippen molar-refractivity contribution in [3.63, 3.8) is 0 Å². The van der Waals surface area contributed by atoms with Crippen molar-refractivity contribution in [2.24, 2.45) is 5.14 Å². The molecule has 0 amide bonds. The number of thiol groups is 1. The van der Waals surface area contributed by atoms with Crippen LogP contribution in [0.4, 0.5) is 15.8 Å². The molecular formula is C15H10ClFIN3O3S2. The first-order valence-corrected chi connectivity index (χ1v) is 10.3. The van der Waals surface area contributed by atoms with Gasteiger partial charge in [-0.2, -0.15) is 0 Å². The number of nitrogens with one attached hydrogen (secondary N) is 1. The molecule has 0 fully saturated rings. The number of anilines is 2. The molecule has 26 heavy (non-hydrogen) atoms. The van der Waals surface area contributed by atoms with Crippen molar-refractivity contribution >= 4 is 68.2 Å². The zero-order valence-electron chi connectivity index (χ0n) is 12.7. The molecule has 0 unspecified atom stereocenters. The molecule has 2 aromatic carbocycles. The van der Waals surface area contributed by atoms with Gasteiger partial charge in [-0.05, 0) is 52.9 Å². The number of hydrogen-bond donors (Lipinski definition) is 3. The van der Waals surface area contributed by atoms with Gasteiger partial charge in [0.1, 0.15) is 15.7 Å². The predicted molar refractivity (Wildman–Crippen MR) is 108 cm³/mol. The lowest BCUT2D eigenvalue weighted by atomic mass is 10.1. The highest BCUT2D eigenvalue weighted by Crippen LogP contribution is 2.36. The molecule has 1 aromatic heterocycles. The molecule has 11 heteroatoms. The summed E-state index contributed by atoms with van der Waals surface area (Å²) in [5.74, 6) is -0.824. The van der Waals surface area contributed by atoms with Crippen molar-refractivity contribution in [2.75, 3.05) is 5.32 Å². The highest BCUT2D eigenvalue weighted by Gasteiger charge is 2.21. The summed E-state index contributed by atoms with van der Waals surface area (Å²) in [6, 6.07) is 8.78. The van der Waals surface area contributed by atoms with E-state index in [1.807, 2.05) is 6.07 Å². The first kappa shape index (κ1) is 19.4. The van der Waals surface area contributed by atoms with E-state index in [0.29, 0.717) is 10.7 Å². The van der Waals surface area contributed by atoms with E-state index in [1.54, 1.807) is 12.1 Å². The summed E-state index contributed by atoms with van der Waals surface area (Å²) in [6.07, 6.45) is 0. The number of nitrogens with zero attached hydrogens (tertiary/aromatic N) is 1. The maximum absolute atomic E-state index is 14.3. The second-order valence-electron chi connectivity index (χ2n) is 5.17. The molecule has 3 N–H and O–H groups in total. The molecule has 136 valence electrons. The van der Waals surface area contributed by atoms with E-state index in [2.05, 4.69) is 45.7 Å². The Hall–Kier alpha value is -1.34. The zero-order chi connectivity index (χ0) is 19.1. The Morgan fingerprint density at radius 1 is 1.23 bits per heavy atom. The molecule has 0 saturated carbocycles. The van der Waals surface area contributed by atoms with Crippen molar-refractivity contribution in [1.82, 2.24) is 5.16 Å². The normalized spacial score (nSPS) is 11.6. The van der Waals surface area contributed by atoms with Gasteiger partial charge in [-0.1, -0.05) is 16.8 Å². The van der Waals surface area contributed by atoms with Crippen LogP contribution in [0.1, 0.15) is 0 Å². The lowest BCUT2D eigenvalue weighted by Crippen LogP contribution is -2.14. The quantitative estimate of drug-likeness (QED) is 0.346. The van der Waals surface area contributed by atoms with Gasteiger partial charge < -0.3 is 9.84 Å². The van der Waals surface area contributed by atoms with Crippen LogP contribution in [0.3, 0.4) is 0 Å². The molecule has 3 aromatic rings. The summed E-state index contributed by atoms with van der Waals surface area (Å²) in [7, 11) is -4.27. The summed E-state index contributed by atoms with van der Waals surface area (Å²) < 4.78 is 43.6. The number of benzene rings is 2. The fourth-order valence-electron chi connectivity index (χ4n) is 2.21. The number of sulfonamides is 1. The van der Waals surface area contributed by atoms with E-state index in [9.17, 15) is 12.8 Å². The molecule has 0 aliphatic heterocycles. The molecular weight excluding hydrogens is 516 g/mol. The topological polar surface area (TPSA) is 98.2 Å². The lowest BCUT2D eigenvalue weighted by molar-refractivity contribution is 0.416. The van der Waals surface area contributed by atoms with Crippen LogP contribution in [0.15, 0.2) is 50.8 Å². The molecule has 0 aliphatic rings. The fourth-order valence-corrected chi connectivity index (χ4v) is 3.88. The Kier molecular flexibility index (Phi) is 5.49. The van der Waals surface area contributed by atoms with Crippen LogP contribution in [0, 0.1) is 9.39 Å². The van der Waals surface area contributed by atoms with Gasteiger partial charge in [0, 0.05) is 15.2 Å². The van der Waals surface area contributed by atoms with Gasteiger partial charge in [-0.15, -0.1) is 12.6 Å². The fraction of sp³-hybridized carbons (Fsp3) is 0. The van der Waals surface area contributed by atoms with Crippen molar-refractivity contribution in [3.8, 4) is 11.3 Å². The van der Waals surface area contributed by atoms with Crippen LogP contribution in [-0.2, 0) is 10.0 Å². The van der Waals surface area contributed by atoms with Gasteiger partial charge in [0.2, 0.25) is 10.0 Å². The molecule has 3 rings (SSSR count). The Labute approximate surface area is 172 Å². The molecule has 1 heterocycles. The van der Waals surface area contributed by atoms with Crippen LogP contribution in [0.5, 0.6) is 0 Å². The number of hydrogen-bond acceptors (Lipinski definition) is 6. The summed E-state index contributed by atoms with van der Waals surface area (Å²) in [4.78, 5) is -0.663. The van der Waals surface area contributed by atoms with Crippen molar-refractivity contribution < 1.29 is 17.3 Å². The smallest absolute Gasteiger partial charge is 0.240 e. The number of aromatic nitrogens is 1. The average molecular weight is 526 g/mol. The third-order valence-corrected chi connectivity index (χ3v) is 5.46. The van der Waals surface area contributed by atoms with Crippen LogP contribution < -0.4 is 10.5 Å². The van der Waals surface area contributed by atoms with E-state index in [4.69, 9.17) is 21.3 Å². The minimum Gasteiger partial charge on any atom is -0.355 e. The zero-order valence-corrected chi connectivity index (χ0v) is 17.3. The number of rotatable bonds is 4. The first-order chi connectivity index (χ1) is 12.1. The summed E-state index contributed by atoms with van der Waals surface area (Å²) in [5.41, 5.74) is 0.960. The monoisotopic (exact) mass is 525 g/mol. The number of halogens is 3. The summed E-state index contributed by atoms with van der Waals surface area (Å²) in [5, 5.41) is 12.4. The van der Waals surface area contributed by atoms with Gasteiger partial charge >= 0.3 is 0 Å². The van der Waals surface area contributed by atoms with Gasteiger partial charge in [0.25, 0.3) is 0 Å². The Morgan fingerprint density at radius 2 is 1.96 bits per heavy atom. The molecule has 0 bridgehead atoms. The average Bonchev–Trinajstić information content (AvgIpc) is 2.95. The molecule has 6 nitrogen and oxygen atoms in total. The Morgan fingerprint density at radius 3 is 2.54 bits per heavy atom. The highest BCUT2D eigenvalue weighted by atomic mass is 127. The lowest BCUT2D eigenvalue weighted by Gasteiger charge is -2.14.